The quantitative estimate of drug-likeness (QED) is 0.346. The number of likely N-dealkylation sites (tertiary alicyclic amines) is 1. The van der Waals surface area contributed by atoms with Crippen molar-refractivity contribution in [1.82, 2.24) is 14.8 Å². The Morgan fingerprint density at radius 1 is 1.15 bits per heavy atom. The van der Waals surface area contributed by atoms with Crippen LogP contribution >= 0.6 is 0 Å². The Morgan fingerprint density at radius 2 is 1.74 bits per heavy atom. The van der Waals surface area contributed by atoms with E-state index < -0.39 is 50.7 Å². The number of amides is 4. The molecule has 0 aromatic carbocycles. The lowest BCUT2D eigenvalue weighted by molar-refractivity contribution is -0.131. The number of urea groups is 1. The van der Waals surface area contributed by atoms with Crippen LogP contribution in [0.25, 0.3) is 0 Å². The number of halogens is 3. The van der Waals surface area contributed by atoms with Gasteiger partial charge in [0.15, 0.2) is 0 Å². The van der Waals surface area contributed by atoms with Crippen molar-refractivity contribution in [3.05, 3.63) is 18.3 Å². The lowest BCUT2D eigenvalue weighted by Gasteiger charge is -2.42. The number of alkyl halides is 3. The number of hydrogen-bond donors (Lipinski definition) is 0. The van der Waals surface area contributed by atoms with Crippen LogP contribution in [0.15, 0.2) is 18.3 Å². The van der Waals surface area contributed by atoms with Crippen LogP contribution in [-0.4, -0.2) is 78.0 Å². The van der Waals surface area contributed by atoms with Gasteiger partial charge in [-0.25, -0.2) is 14.6 Å². The zero-order chi connectivity index (χ0) is 25.7. The van der Waals surface area contributed by atoms with Gasteiger partial charge in [-0.3, -0.25) is 14.6 Å². The molecule has 1 spiro atoms. The topological polar surface area (TPSA) is 126 Å². The Kier molecular flexibility index (Phi) is 6.22. The van der Waals surface area contributed by atoms with Gasteiger partial charge in [0.1, 0.15) is 11.1 Å². The minimum absolute atomic E-state index is 0.0144. The van der Waals surface area contributed by atoms with Crippen LogP contribution in [0.5, 0.6) is 5.88 Å². The number of imide groups is 1. The fraction of sp³-hybridized carbons (Fsp3) is 0.579. The molecule has 3 heterocycles. The molecule has 2 aliphatic heterocycles. The Labute approximate surface area is 193 Å². The third-order valence-corrected chi connectivity index (χ3v) is 6.26. The summed E-state index contributed by atoms with van der Waals surface area (Å²) in [6, 6.07) is 1.29. The van der Waals surface area contributed by atoms with Crippen LogP contribution < -0.4 is 9.08 Å². The minimum atomic E-state index is -5.99. The van der Waals surface area contributed by atoms with E-state index in [2.05, 4.69) is 9.17 Å². The summed E-state index contributed by atoms with van der Waals surface area (Å²) in [5, 5.41) is 0. The van der Waals surface area contributed by atoms with Crippen molar-refractivity contribution in [2.45, 2.75) is 50.3 Å². The molecule has 4 amide bonds. The minimum Gasteiger partial charge on any atom is -0.444 e. The van der Waals surface area contributed by atoms with E-state index in [4.69, 9.17) is 4.74 Å². The Hall–Kier alpha value is -3.10. The average Bonchev–Trinajstić information content (AvgIpc) is 2.87. The molecule has 0 aliphatic carbocycles. The van der Waals surface area contributed by atoms with Gasteiger partial charge in [-0.2, -0.15) is 21.6 Å². The van der Waals surface area contributed by atoms with Crippen molar-refractivity contribution >= 4 is 33.8 Å². The summed E-state index contributed by atoms with van der Waals surface area (Å²) >= 11 is 0. The molecule has 11 nitrogen and oxygen atoms in total. The summed E-state index contributed by atoms with van der Waals surface area (Å²) in [6.07, 6.45) is 0.396. The number of anilines is 1. The SMILES string of the molecule is CN1C(=O)N(c2ccnc(OS(=O)(=O)C(F)(F)F)c2)C2(CCN(C(=O)OC(C)(C)C)CC2)C1=O. The molecule has 0 atom stereocenters. The highest BCUT2D eigenvalue weighted by Gasteiger charge is 2.58. The molecule has 15 heteroatoms. The molecular formula is C19H23F3N4O7S. The number of rotatable bonds is 3. The summed E-state index contributed by atoms with van der Waals surface area (Å²) in [7, 11) is -4.74. The summed E-state index contributed by atoms with van der Waals surface area (Å²) in [6.45, 7) is 5.24. The molecule has 2 saturated heterocycles. The van der Waals surface area contributed by atoms with Crippen LogP contribution in [-0.2, 0) is 19.6 Å². The molecule has 34 heavy (non-hydrogen) atoms. The van der Waals surface area contributed by atoms with E-state index in [0.717, 1.165) is 22.1 Å². The third kappa shape index (κ3) is 4.60. The number of carbonyl (C=O) groups is 3. The first-order valence-corrected chi connectivity index (χ1v) is 11.5. The van der Waals surface area contributed by atoms with Gasteiger partial charge in [0.25, 0.3) is 5.91 Å². The van der Waals surface area contributed by atoms with Gasteiger partial charge in [0.2, 0.25) is 5.88 Å². The number of hydrogen-bond acceptors (Lipinski definition) is 8. The first-order valence-electron chi connectivity index (χ1n) is 10.1. The maximum Gasteiger partial charge on any atom is 0.534 e. The zero-order valence-electron chi connectivity index (χ0n) is 18.7. The van der Waals surface area contributed by atoms with Gasteiger partial charge in [-0.15, -0.1) is 0 Å². The molecule has 0 unspecified atom stereocenters. The summed E-state index contributed by atoms with van der Waals surface area (Å²) in [4.78, 5) is 45.2. The molecule has 3 rings (SSSR count). The molecule has 188 valence electrons. The zero-order valence-corrected chi connectivity index (χ0v) is 19.6. The molecule has 2 fully saturated rings. The number of nitrogens with zero attached hydrogens (tertiary/aromatic N) is 4. The van der Waals surface area contributed by atoms with Crippen LogP contribution in [0.4, 0.5) is 28.4 Å². The number of pyridine rings is 1. The van der Waals surface area contributed by atoms with E-state index in [-0.39, 0.29) is 31.6 Å². The number of carbonyl (C=O) groups excluding carboxylic acids is 3. The van der Waals surface area contributed by atoms with Crippen molar-refractivity contribution in [1.29, 1.82) is 0 Å². The summed E-state index contributed by atoms with van der Waals surface area (Å²) < 4.78 is 70.1. The smallest absolute Gasteiger partial charge is 0.444 e. The Bertz CT molecular complexity index is 1110. The summed E-state index contributed by atoms with van der Waals surface area (Å²) in [5.41, 5.74) is -7.94. The summed E-state index contributed by atoms with van der Waals surface area (Å²) in [5.74, 6) is -1.49. The maximum absolute atomic E-state index is 13.1. The van der Waals surface area contributed by atoms with Crippen molar-refractivity contribution < 1.29 is 44.9 Å². The average molecular weight is 508 g/mol. The Balaban J connectivity index is 1.90. The van der Waals surface area contributed by atoms with E-state index >= 15 is 0 Å². The van der Waals surface area contributed by atoms with E-state index in [1.165, 1.54) is 18.0 Å². The van der Waals surface area contributed by atoms with Gasteiger partial charge in [-0.05, 0) is 39.7 Å². The second-order valence-corrected chi connectivity index (χ2v) is 10.4. The second-order valence-electron chi connectivity index (χ2n) is 8.82. The molecule has 1 aromatic heterocycles. The highest BCUT2D eigenvalue weighted by Crippen LogP contribution is 2.41. The van der Waals surface area contributed by atoms with Crippen molar-refractivity contribution in [2.75, 3.05) is 25.0 Å². The molecule has 1 aromatic rings. The molecule has 0 saturated carbocycles. The van der Waals surface area contributed by atoms with E-state index in [0.29, 0.717) is 0 Å². The number of ether oxygens (including phenoxy) is 1. The first-order chi connectivity index (χ1) is 15.5. The fourth-order valence-corrected chi connectivity index (χ4v) is 4.16. The predicted molar refractivity (Wildman–Crippen MR) is 110 cm³/mol. The molecular weight excluding hydrogens is 485 g/mol. The Morgan fingerprint density at radius 3 is 2.26 bits per heavy atom. The lowest BCUT2D eigenvalue weighted by atomic mass is 9.85. The largest absolute Gasteiger partial charge is 0.534 e. The van der Waals surface area contributed by atoms with E-state index in [1.807, 2.05) is 0 Å². The van der Waals surface area contributed by atoms with Gasteiger partial charge in [0.05, 0.1) is 5.69 Å². The van der Waals surface area contributed by atoms with Crippen molar-refractivity contribution in [3.8, 4) is 5.88 Å². The monoisotopic (exact) mass is 508 g/mol. The number of aromatic nitrogens is 1. The van der Waals surface area contributed by atoms with Gasteiger partial charge in [-0.1, -0.05) is 0 Å². The molecule has 0 bridgehead atoms. The number of likely N-dealkylation sites (N-methyl/N-ethyl adjacent to an activating group) is 1. The van der Waals surface area contributed by atoms with Crippen molar-refractivity contribution in [2.24, 2.45) is 0 Å². The molecule has 0 radical (unpaired) electrons. The second kappa shape index (κ2) is 8.29. The third-order valence-electron chi connectivity index (χ3n) is 5.31. The molecule has 0 N–H and O–H groups in total. The first kappa shape index (κ1) is 25.5. The van der Waals surface area contributed by atoms with Crippen LogP contribution in [0.2, 0.25) is 0 Å². The van der Waals surface area contributed by atoms with Gasteiger partial charge in [0, 0.05) is 32.4 Å². The molecule has 2 aliphatic rings. The van der Waals surface area contributed by atoms with Crippen molar-refractivity contribution in [3.63, 3.8) is 0 Å². The highest BCUT2D eigenvalue weighted by atomic mass is 32.2. The predicted octanol–water partition coefficient (Wildman–Crippen LogP) is 2.48. The van der Waals surface area contributed by atoms with Gasteiger partial charge < -0.3 is 13.8 Å². The normalized spacial score (nSPS) is 19.1. The van der Waals surface area contributed by atoms with Crippen LogP contribution in [0.3, 0.4) is 0 Å². The van der Waals surface area contributed by atoms with E-state index in [9.17, 15) is 36.0 Å². The number of piperidine rings is 1. The van der Waals surface area contributed by atoms with Crippen LogP contribution in [0, 0.1) is 0 Å². The fourth-order valence-electron chi connectivity index (χ4n) is 3.75. The van der Waals surface area contributed by atoms with E-state index in [1.54, 1.807) is 20.8 Å². The lowest BCUT2D eigenvalue weighted by Crippen LogP contribution is -2.58. The highest BCUT2D eigenvalue weighted by molar-refractivity contribution is 7.87. The maximum atomic E-state index is 13.1. The van der Waals surface area contributed by atoms with Gasteiger partial charge >= 0.3 is 27.8 Å². The van der Waals surface area contributed by atoms with Crippen LogP contribution in [0.1, 0.15) is 33.6 Å². The standard InChI is InChI=1S/C19H23F3N4O7S/c1-17(2,3)32-16(29)25-9-6-18(7-10-25)14(27)24(4)15(28)26(18)12-5-8-23-13(11-12)33-34(30,31)19(20,21)22/h5,8,11H,6-7,9-10H2,1-4H3.